The van der Waals surface area contributed by atoms with Crippen LogP contribution in [-0.4, -0.2) is 27.8 Å². The van der Waals surface area contributed by atoms with E-state index in [1.807, 2.05) is 0 Å². The Balaban J connectivity index is 2.14. The smallest absolute Gasteiger partial charge is 0.274 e. The molecule has 0 saturated heterocycles. The fraction of sp³-hybridized carbons (Fsp3) is 0.417. The van der Waals surface area contributed by atoms with E-state index in [4.69, 9.17) is 0 Å². The van der Waals surface area contributed by atoms with Gasteiger partial charge in [-0.1, -0.05) is 0 Å². The third-order valence-corrected chi connectivity index (χ3v) is 2.95. The summed E-state index contributed by atoms with van der Waals surface area (Å²) in [5.74, 6) is -0.576. The molecule has 1 fully saturated rings. The topological polar surface area (TPSA) is 79.3 Å². The summed E-state index contributed by atoms with van der Waals surface area (Å²) in [6.45, 7) is 1.69. The molecule has 2 rings (SSSR count). The van der Waals surface area contributed by atoms with Crippen LogP contribution in [0.5, 0.6) is 5.75 Å². The highest BCUT2D eigenvalue weighted by Gasteiger charge is 2.27. The summed E-state index contributed by atoms with van der Waals surface area (Å²) in [5, 5.41) is 12.3. The van der Waals surface area contributed by atoms with Crippen LogP contribution in [0.15, 0.2) is 12.3 Å². The first-order chi connectivity index (χ1) is 8.09. The lowest BCUT2D eigenvalue weighted by Gasteiger charge is -2.11. The van der Waals surface area contributed by atoms with Gasteiger partial charge in [-0.2, -0.15) is 0 Å². The van der Waals surface area contributed by atoms with Gasteiger partial charge in [-0.15, -0.1) is 0 Å². The van der Waals surface area contributed by atoms with Crippen LogP contribution < -0.4 is 5.32 Å². The first kappa shape index (κ1) is 11.6. The van der Waals surface area contributed by atoms with Gasteiger partial charge in [0, 0.05) is 12.6 Å². The monoisotopic (exact) mass is 234 g/mol. The number of Topliss-reactive ketones (excluding diaryl/α,β-unsaturated/α-hetero) is 1. The molecule has 1 aromatic rings. The second kappa shape index (κ2) is 4.53. The summed E-state index contributed by atoms with van der Waals surface area (Å²) in [5.41, 5.74) is 0.563. The van der Waals surface area contributed by atoms with Crippen molar-refractivity contribution in [1.82, 2.24) is 10.3 Å². The van der Waals surface area contributed by atoms with Crippen LogP contribution in [0.1, 0.15) is 35.3 Å². The zero-order valence-electron chi connectivity index (χ0n) is 9.56. The number of aryl methyl sites for hydroxylation is 1. The Morgan fingerprint density at radius 1 is 1.59 bits per heavy atom. The molecule has 1 heterocycles. The van der Waals surface area contributed by atoms with Gasteiger partial charge >= 0.3 is 0 Å². The van der Waals surface area contributed by atoms with Crippen molar-refractivity contribution in [2.75, 3.05) is 0 Å². The van der Waals surface area contributed by atoms with E-state index in [1.165, 1.54) is 6.20 Å². The van der Waals surface area contributed by atoms with Crippen molar-refractivity contribution >= 4 is 11.7 Å². The Bertz CT molecular complexity index is 471. The quantitative estimate of drug-likeness (QED) is 0.798. The van der Waals surface area contributed by atoms with Gasteiger partial charge < -0.3 is 10.4 Å². The maximum Gasteiger partial charge on any atom is 0.274 e. The highest BCUT2D eigenvalue weighted by Crippen LogP contribution is 2.20. The normalized spacial score (nSPS) is 19.4. The van der Waals surface area contributed by atoms with Crippen molar-refractivity contribution in [3.8, 4) is 5.75 Å². The van der Waals surface area contributed by atoms with Crippen molar-refractivity contribution in [2.45, 2.75) is 32.2 Å². The lowest BCUT2D eigenvalue weighted by molar-refractivity contribution is -0.118. The van der Waals surface area contributed by atoms with E-state index >= 15 is 0 Å². The SMILES string of the molecule is Cc1ccnc(C(=O)NC2CCCC2=O)c1O. The third-order valence-electron chi connectivity index (χ3n) is 2.95. The van der Waals surface area contributed by atoms with Crippen molar-refractivity contribution in [3.63, 3.8) is 0 Å². The maximum atomic E-state index is 11.8. The molecule has 1 atom stereocenters. The number of carbonyl (C=O) groups is 2. The van der Waals surface area contributed by atoms with Gasteiger partial charge in [0.15, 0.2) is 11.5 Å². The summed E-state index contributed by atoms with van der Waals surface area (Å²) in [7, 11) is 0. The number of aromatic nitrogens is 1. The lowest BCUT2D eigenvalue weighted by Crippen LogP contribution is -2.38. The summed E-state index contributed by atoms with van der Waals surface area (Å²) in [6, 6.07) is 1.19. The average molecular weight is 234 g/mol. The zero-order chi connectivity index (χ0) is 12.4. The molecule has 1 aliphatic rings. The number of aromatic hydroxyl groups is 1. The van der Waals surface area contributed by atoms with Crippen LogP contribution in [0.4, 0.5) is 0 Å². The Morgan fingerprint density at radius 2 is 2.35 bits per heavy atom. The lowest BCUT2D eigenvalue weighted by atomic mass is 10.2. The van der Waals surface area contributed by atoms with Crippen molar-refractivity contribution in [2.24, 2.45) is 0 Å². The van der Waals surface area contributed by atoms with Gasteiger partial charge in [-0.25, -0.2) is 4.98 Å². The van der Waals surface area contributed by atoms with Gasteiger partial charge in [0.25, 0.3) is 5.91 Å². The number of ketones is 1. The molecule has 90 valence electrons. The molecule has 1 saturated carbocycles. The molecule has 0 bridgehead atoms. The van der Waals surface area contributed by atoms with E-state index in [-0.39, 0.29) is 17.2 Å². The summed E-state index contributed by atoms with van der Waals surface area (Å²) in [4.78, 5) is 27.1. The number of hydrogen-bond donors (Lipinski definition) is 2. The molecule has 5 nitrogen and oxygen atoms in total. The van der Waals surface area contributed by atoms with E-state index in [2.05, 4.69) is 10.3 Å². The van der Waals surface area contributed by atoms with Gasteiger partial charge in [0.1, 0.15) is 5.75 Å². The Labute approximate surface area is 98.9 Å². The van der Waals surface area contributed by atoms with Crippen LogP contribution in [0.3, 0.4) is 0 Å². The molecule has 1 amide bonds. The predicted molar refractivity (Wildman–Crippen MR) is 60.8 cm³/mol. The van der Waals surface area contributed by atoms with Crippen LogP contribution in [0.2, 0.25) is 0 Å². The molecule has 1 unspecified atom stereocenters. The van der Waals surface area contributed by atoms with Crippen LogP contribution in [-0.2, 0) is 4.79 Å². The van der Waals surface area contributed by atoms with Crippen molar-refractivity contribution in [3.05, 3.63) is 23.5 Å². The third kappa shape index (κ3) is 2.27. The molecule has 1 aromatic heterocycles. The molecule has 0 radical (unpaired) electrons. The molecule has 17 heavy (non-hydrogen) atoms. The van der Waals surface area contributed by atoms with E-state index in [1.54, 1.807) is 13.0 Å². The van der Waals surface area contributed by atoms with Crippen molar-refractivity contribution in [1.29, 1.82) is 0 Å². The Kier molecular flexibility index (Phi) is 3.08. The van der Waals surface area contributed by atoms with E-state index < -0.39 is 11.9 Å². The Hall–Kier alpha value is -1.91. The molecule has 5 heteroatoms. The number of hydrogen-bond acceptors (Lipinski definition) is 4. The van der Waals surface area contributed by atoms with Crippen molar-refractivity contribution < 1.29 is 14.7 Å². The number of nitrogens with zero attached hydrogens (tertiary/aromatic N) is 1. The standard InChI is InChI=1S/C12H14N2O3/c1-7-5-6-13-10(11(7)16)12(17)14-8-3-2-4-9(8)15/h5-6,8,16H,2-4H2,1H3,(H,14,17). The van der Waals surface area contributed by atoms with E-state index in [0.29, 0.717) is 18.4 Å². The van der Waals surface area contributed by atoms with Gasteiger partial charge in [-0.05, 0) is 31.4 Å². The largest absolute Gasteiger partial charge is 0.505 e. The van der Waals surface area contributed by atoms with Crippen LogP contribution in [0.25, 0.3) is 0 Å². The molecular formula is C12H14N2O3. The van der Waals surface area contributed by atoms with Gasteiger partial charge in [-0.3, -0.25) is 9.59 Å². The molecule has 0 aromatic carbocycles. The number of nitrogens with one attached hydrogen (secondary N) is 1. The fourth-order valence-electron chi connectivity index (χ4n) is 1.91. The summed E-state index contributed by atoms with van der Waals surface area (Å²) >= 11 is 0. The minimum Gasteiger partial charge on any atom is -0.505 e. The molecule has 0 aliphatic heterocycles. The maximum absolute atomic E-state index is 11.8. The highest BCUT2D eigenvalue weighted by molar-refractivity contribution is 5.99. The van der Waals surface area contributed by atoms with Crippen LogP contribution >= 0.6 is 0 Å². The predicted octanol–water partition coefficient (Wildman–Crippen LogP) is 0.947. The number of carbonyl (C=O) groups excluding carboxylic acids is 2. The molecule has 0 spiro atoms. The summed E-state index contributed by atoms with van der Waals surface area (Å²) in [6.07, 6.45) is 3.44. The van der Waals surface area contributed by atoms with E-state index in [0.717, 1.165) is 6.42 Å². The fourth-order valence-corrected chi connectivity index (χ4v) is 1.91. The van der Waals surface area contributed by atoms with Gasteiger partial charge in [0.2, 0.25) is 0 Å². The Morgan fingerprint density at radius 3 is 3.00 bits per heavy atom. The first-order valence-corrected chi connectivity index (χ1v) is 5.57. The minimum absolute atomic E-state index is 0.0234. The molecule has 2 N–H and O–H groups in total. The number of amides is 1. The highest BCUT2D eigenvalue weighted by atomic mass is 16.3. The zero-order valence-corrected chi connectivity index (χ0v) is 9.56. The average Bonchev–Trinajstić information content (AvgIpc) is 2.68. The minimum atomic E-state index is -0.494. The van der Waals surface area contributed by atoms with E-state index in [9.17, 15) is 14.7 Å². The summed E-state index contributed by atoms with van der Waals surface area (Å²) < 4.78 is 0. The molecular weight excluding hydrogens is 220 g/mol. The second-order valence-electron chi connectivity index (χ2n) is 4.21. The first-order valence-electron chi connectivity index (χ1n) is 5.57. The molecule has 1 aliphatic carbocycles. The number of pyridine rings is 1. The van der Waals surface area contributed by atoms with Gasteiger partial charge in [0.05, 0.1) is 6.04 Å². The second-order valence-corrected chi connectivity index (χ2v) is 4.21. The number of rotatable bonds is 2. The van der Waals surface area contributed by atoms with Crippen LogP contribution in [0, 0.1) is 6.92 Å².